The number of aromatic nitrogens is 1. The average molecular weight is 303 g/mol. The molecule has 0 unspecified atom stereocenters. The molecule has 3 rings (SSSR count). The number of pyridine rings is 1. The standard InChI is InChI=1S/C16H15ClN2O2/c1-9-2-5-13(15(20)18-9)16(21)19-14-7-3-10-8-11(17)4-6-12(10)14/h2,4-6,8,14H,3,7H2,1H3,(H,18,20)(H,19,21)/t14-/m0/s1. The van der Waals surface area contributed by atoms with Crippen molar-refractivity contribution in [2.45, 2.75) is 25.8 Å². The van der Waals surface area contributed by atoms with Crippen LogP contribution >= 0.6 is 11.6 Å². The van der Waals surface area contributed by atoms with Crippen LogP contribution in [0.1, 0.15) is 39.6 Å². The molecule has 5 heteroatoms. The van der Waals surface area contributed by atoms with E-state index in [-0.39, 0.29) is 23.1 Å². The van der Waals surface area contributed by atoms with Crippen molar-refractivity contribution in [3.05, 3.63) is 68.1 Å². The van der Waals surface area contributed by atoms with Gasteiger partial charge in [0, 0.05) is 10.7 Å². The molecule has 0 aliphatic heterocycles. The largest absolute Gasteiger partial charge is 0.345 e. The van der Waals surface area contributed by atoms with Crippen LogP contribution in [0.3, 0.4) is 0 Å². The predicted octanol–water partition coefficient (Wildman–Crippen LogP) is 2.75. The molecule has 0 saturated heterocycles. The van der Waals surface area contributed by atoms with Gasteiger partial charge < -0.3 is 10.3 Å². The lowest BCUT2D eigenvalue weighted by Gasteiger charge is -2.14. The van der Waals surface area contributed by atoms with E-state index in [0.717, 1.165) is 29.7 Å². The second-order valence-electron chi connectivity index (χ2n) is 5.29. The molecule has 1 atom stereocenters. The number of fused-ring (bicyclic) bond motifs is 1. The summed E-state index contributed by atoms with van der Waals surface area (Å²) in [5.41, 5.74) is 2.75. The van der Waals surface area contributed by atoms with Gasteiger partial charge in [0.25, 0.3) is 11.5 Å². The number of nitrogens with one attached hydrogen (secondary N) is 2. The highest BCUT2D eigenvalue weighted by Gasteiger charge is 2.25. The van der Waals surface area contributed by atoms with E-state index in [4.69, 9.17) is 11.6 Å². The van der Waals surface area contributed by atoms with Crippen LogP contribution in [0.25, 0.3) is 0 Å². The molecule has 1 aliphatic rings. The molecule has 0 bridgehead atoms. The molecule has 1 heterocycles. The summed E-state index contributed by atoms with van der Waals surface area (Å²) in [6.45, 7) is 1.78. The Hall–Kier alpha value is -2.07. The number of amides is 1. The van der Waals surface area contributed by atoms with E-state index in [0.29, 0.717) is 5.02 Å². The van der Waals surface area contributed by atoms with Crippen LogP contribution < -0.4 is 10.9 Å². The number of aromatic amines is 1. The van der Waals surface area contributed by atoms with Gasteiger partial charge in [0.15, 0.2) is 0 Å². The average Bonchev–Trinajstić information content (AvgIpc) is 2.80. The summed E-state index contributed by atoms with van der Waals surface area (Å²) >= 11 is 5.98. The summed E-state index contributed by atoms with van der Waals surface area (Å²) in [6, 6.07) is 8.91. The first-order valence-electron chi connectivity index (χ1n) is 6.84. The van der Waals surface area contributed by atoms with Gasteiger partial charge in [0.2, 0.25) is 0 Å². The molecule has 1 aromatic heterocycles. The van der Waals surface area contributed by atoms with Gasteiger partial charge in [0.1, 0.15) is 5.56 Å². The third kappa shape index (κ3) is 2.72. The van der Waals surface area contributed by atoms with E-state index in [1.165, 1.54) is 0 Å². The van der Waals surface area contributed by atoms with Gasteiger partial charge >= 0.3 is 0 Å². The minimum Gasteiger partial charge on any atom is -0.345 e. The van der Waals surface area contributed by atoms with Crippen molar-refractivity contribution in [2.75, 3.05) is 0 Å². The first-order valence-corrected chi connectivity index (χ1v) is 7.21. The van der Waals surface area contributed by atoms with Crippen LogP contribution in [0, 0.1) is 6.92 Å². The molecule has 1 amide bonds. The van der Waals surface area contributed by atoms with Gasteiger partial charge in [-0.05, 0) is 55.2 Å². The van der Waals surface area contributed by atoms with Crippen LogP contribution in [-0.4, -0.2) is 10.9 Å². The second kappa shape index (κ2) is 5.37. The molecule has 2 N–H and O–H groups in total. The molecule has 0 radical (unpaired) electrons. The number of aryl methyl sites for hydroxylation is 2. The molecule has 0 spiro atoms. The van der Waals surface area contributed by atoms with Crippen molar-refractivity contribution in [2.24, 2.45) is 0 Å². The van der Waals surface area contributed by atoms with Crippen molar-refractivity contribution in [1.29, 1.82) is 0 Å². The van der Waals surface area contributed by atoms with Gasteiger partial charge in [-0.2, -0.15) is 0 Å². The topological polar surface area (TPSA) is 62.0 Å². The summed E-state index contributed by atoms with van der Waals surface area (Å²) in [4.78, 5) is 26.7. The number of carbonyl (C=O) groups is 1. The maximum Gasteiger partial charge on any atom is 0.260 e. The SMILES string of the molecule is Cc1ccc(C(=O)N[C@H]2CCc3cc(Cl)ccc32)c(=O)[nH]1. The lowest BCUT2D eigenvalue weighted by molar-refractivity contribution is 0.0935. The van der Waals surface area contributed by atoms with E-state index < -0.39 is 0 Å². The van der Waals surface area contributed by atoms with Crippen molar-refractivity contribution >= 4 is 17.5 Å². The van der Waals surface area contributed by atoms with E-state index >= 15 is 0 Å². The normalized spacial score (nSPS) is 16.6. The minimum atomic E-state index is -0.359. The van der Waals surface area contributed by atoms with Crippen molar-refractivity contribution in [3.8, 4) is 0 Å². The van der Waals surface area contributed by atoms with Gasteiger partial charge in [-0.25, -0.2) is 0 Å². The molecular formula is C16H15ClN2O2. The van der Waals surface area contributed by atoms with E-state index in [1.807, 2.05) is 18.2 Å². The number of carbonyl (C=O) groups excluding carboxylic acids is 1. The zero-order chi connectivity index (χ0) is 15.0. The number of H-pyrrole nitrogens is 1. The molecular weight excluding hydrogens is 288 g/mol. The van der Waals surface area contributed by atoms with E-state index in [9.17, 15) is 9.59 Å². The van der Waals surface area contributed by atoms with Crippen molar-refractivity contribution in [3.63, 3.8) is 0 Å². The highest BCUT2D eigenvalue weighted by Crippen LogP contribution is 2.32. The van der Waals surface area contributed by atoms with Crippen molar-refractivity contribution in [1.82, 2.24) is 10.3 Å². The molecule has 0 saturated carbocycles. The maximum atomic E-state index is 12.3. The first-order chi connectivity index (χ1) is 10.0. The molecule has 2 aromatic rings. The minimum absolute atomic E-state index is 0.0644. The van der Waals surface area contributed by atoms with E-state index in [1.54, 1.807) is 19.1 Å². The summed E-state index contributed by atoms with van der Waals surface area (Å²) in [5, 5.41) is 3.63. The third-order valence-corrected chi connectivity index (χ3v) is 4.02. The lowest BCUT2D eigenvalue weighted by atomic mass is 10.1. The molecule has 4 nitrogen and oxygen atoms in total. The summed E-state index contributed by atoms with van der Waals surface area (Å²) in [6.07, 6.45) is 1.70. The van der Waals surface area contributed by atoms with Crippen LogP contribution in [0.5, 0.6) is 0 Å². The predicted molar refractivity (Wildman–Crippen MR) is 81.8 cm³/mol. The molecule has 0 fully saturated rings. The number of rotatable bonds is 2. The molecule has 108 valence electrons. The Morgan fingerprint density at radius 3 is 2.90 bits per heavy atom. The lowest BCUT2D eigenvalue weighted by Crippen LogP contribution is -2.32. The smallest absolute Gasteiger partial charge is 0.260 e. The van der Waals surface area contributed by atoms with E-state index in [2.05, 4.69) is 10.3 Å². The molecule has 1 aliphatic carbocycles. The quantitative estimate of drug-likeness (QED) is 0.896. The Morgan fingerprint density at radius 1 is 1.33 bits per heavy atom. The number of halogens is 1. The zero-order valence-electron chi connectivity index (χ0n) is 11.6. The van der Waals surface area contributed by atoms with Crippen molar-refractivity contribution < 1.29 is 4.79 Å². The van der Waals surface area contributed by atoms with Gasteiger partial charge in [-0.15, -0.1) is 0 Å². The third-order valence-electron chi connectivity index (χ3n) is 3.79. The van der Waals surface area contributed by atoms with Crippen LogP contribution in [-0.2, 0) is 6.42 Å². The Labute approximate surface area is 127 Å². The Morgan fingerprint density at radius 2 is 2.14 bits per heavy atom. The molecule has 1 aromatic carbocycles. The number of hydrogen-bond donors (Lipinski definition) is 2. The highest BCUT2D eigenvalue weighted by molar-refractivity contribution is 6.30. The fourth-order valence-corrected chi connectivity index (χ4v) is 2.92. The summed E-state index contributed by atoms with van der Waals surface area (Å²) < 4.78 is 0. The Balaban J connectivity index is 1.82. The monoisotopic (exact) mass is 302 g/mol. The Kier molecular flexibility index (Phi) is 3.55. The maximum absolute atomic E-state index is 12.3. The van der Waals surface area contributed by atoms with Crippen LogP contribution in [0.4, 0.5) is 0 Å². The summed E-state index contributed by atoms with van der Waals surface area (Å²) in [5.74, 6) is -0.343. The van der Waals surface area contributed by atoms with Gasteiger partial charge in [0.05, 0.1) is 6.04 Å². The molecule has 21 heavy (non-hydrogen) atoms. The van der Waals surface area contributed by atoms with Gasteiger partial charge in [-0.3, -0.25) is 9.59 Å². The number of benzene rings is 1. The van der Waals surface area contributed by atoms with Crippen LogP contribution in [0.15, 0.2) is 35.1 Å². The zero-order valence-corrected chi connectivity index (χ0v) is 12.3. The fraction of sp³-hybridized carbons (Fsp3) is 0.250. The first kappa shape index (κ1) is 13.9. The summed E-state index contributed by atoms with van der Waals surface area (Å²) in [7, 11) is 0. The highest BCUT2D eigenvalue weighted by atomic mass is 35.5. The fourth-order valence-electron chi connectivity index (χ4n) is 2.72. The number of hydrogen-bond acceptors (Lipinski definition) is 2. The Bertz CT molecular complexity index is 767. The second-order valence-corrected chi connectivity index (χ2v) is 5.73. The van der Waals surface area contributed by atoms with Gasteiger partial charge in [-0.1, -0.05) is 17.7 Å². The van der Waals surface area contributed by atoms with Crippen LogP contribution in [0.2, 0.25) is 5.02 Å².